The maximum atomic E-state index is 12.7. The summed E-state index contributed by atoms with van der Waals surface area (Å²) in [5, 5.41) is 17.7. The largest absolute Gasteiger partial charge is 0.494 e. The van der Waals surface area contributed by atoms with Gasteiger partial charge in [0.15, 0.2) is 5.82 Å². The van der Waals surface area contributed by atoms with Crippen LogP contribution in [0.25, 0.3) is 0 Å². The van der Waals surface area contributed by atoms with Crippen molar-refractivity contribution in [1.29, 1.82) is 0 Å². The molecule has 4 rings (SSSR count). The summed E-state index contributed by atoms with van der Waals surface area (Å²) in [4.78, 5) is 36.0. The number of anilines is 5. The zero-order chi connectivity index (χ0) is 27.8. The smallest absolute Gasteiger partial charge is 0.292 e. The molecular formula is C28H33ClN6O4. The lowest BCUT2D eigenvalue weighted by molar-refractivity contribution is -0.117. The minimum atomic E-state index is -0.820. The van der Waals surface area contributed by atoms with Crippen LogP contribution in [-0.2, 0) is 4.79 Å². The van der Waals surface area contributed by atoms with E-state index in [0.29, 0.717) is 17.1 Å². The van der Waals surface area contributed by atoms with E-state index in [1.165, 1.54) is 31.5 Å². The Bertz CT molecular complexity index is 1310. The molecule has 0 unspecified atom stereocenters. The lowest BCUT2D eigenvalue weighted by atomic mass is 9.94. The van der Waals surface area contributed by atoms with Crippen LogP contribution in [-0.4, -0.2) is 60.1 Å². The lowest BCUT2D eigenvalue weighted by Crippen LogP contribution is -2.33. The Balaban J connectivity index is 1.52. The van der Waals surface area contributed by atoms with Crippen LogP contribution in [0.1, 0.15) is 36.5 Å². The Labute approximate surface area is 232 Å². The van der Waals surface area contributed by atoms with Crippen molar-refractivity contribution >= 4 is 52.1 Å². The number of carbonyl (C=O) groups is 2. The molecule has 1 aromatic heterocycles. The summed E-state index contributed by atoms with van der Waals surface area (Å²) < 4.78 is 5.66. The van der Waals surface area contributed by atoms with Gasteiger partial charge in [0.2, 0.25) is 5.95 Å². The molecular weight excluding hydrogens is 520 g/mol. The minimum Gasteiger partial charge on any atom is -0.494 e. The first-order valence-corrected chi connectivity index (χ1v) is 13.3. The number of ketones is 1. The van der Waals surface area contributed by atoms with Gasteiger partial charge in [-0.25, -0.2) is 4.98 Å². The number of rotatable bonds is 11. The zero-order valence-electron chi connectivity index (χ0n) is 22.0. The molecule has 1 aliphatic rings. The molecule has 206 valence electrons. The monoisotopic (exact) mass is 552 g/mol. The Hall–Kier alpha value is -3.89. The highest BCUT2D eigenvalue weighted by molar-refractivity contribution is 6.44. The molecule has 39 heavy (non-hydrogen) atoms. The maximum absolute atomic E-state index is 12.7. The molecule has 0 bridgehead atoms. The van der Waals surface area contributed by atoms with Gasteiger partial charge in [-0.2, -0.15) is 4.98 Å². The third-order valence-corrected chi connectivity index (χ3v) is 7.04. The Morgan fingerprint density at radius 2 is 1.90 bits per heavy atom. The molecule has 2 heterocycles. The van der Waals surface area contributed by atoms with Gasteiger partial charge < -0.3 is 30.7 Å². The van der Waals surface area contributed by atoms with Crippen molar-refractivity contribution in [2.45, 2.75) is 26.2 Å². The van der Waals surface area contributed by atoms with Gasteiger partial charge in [0.05, 0.1) is 36.9 Å². The highest BCUT2D eigenvalue weighted by Gasteiger charge is 2.21. The van der Waals surface area contributed by atoms with Gasteiger partial charge >= 0.3 is 0 Å². The normalized spacial score (nSPS) is 13.6. The number of amides is 1. The van der Waals surface area contributed by atoms with Crippen LogP contribution in [0, 0.1) is 5.92 Å². The van der Waals surface area contributed by atoms with Crippen molar-refractivity contribution in [3.8, 4) is 5.75 Å². The van der Waals surface area contributed by atoms with E-state index in [0.717, 1.165) is 24.7 Å². The van der Waals surface area contributed by atoms with Crippen molar-refractivity contribution in [1.82, 2.24) is 15.3 Å². The number of piperidine rings is 1. The fourth-order valence-corrected chi connectivity index (χ4v) is 4.64. The van der Waals surface area contributed by atoms with Crippen LogP contribution in [0.3, 0.4) is 0 Å². The predicted molar refractivity (Wildman–Crippen MR) is 153 cm³/mol. The van der Waals surface area contributed by atoms with Crippen LogP contribution in [0.4, 0.5) is 28.8 Å². The molecule has 10 nitrogen and oxygen atoms in total. The molecule has 0 spiro atoms. The van der Waals surface area contributed by atoms with Crippen molar-refractivity contribution < 1.29 is 19.4 Å². The predicted octanol–water partition coefficient (Wildman–Crippen LogP) is 4.54. The fraction of sp³-hybridized carbons (Fsp3) is 0.357. The van der Waals surface area contributed by atoms with Gasteiger partial charge in [0, 0.05) is 31.4 Å². The van der Waals surface area contributed by atoms with E-state index in [2.05, 4.69) is 43.8 Å². The summed E-state index contributed by atoms with van der Waals surface area (Å²) in [6.45, 7) is 4.01. The average molecular weight is 553 g/mol. The average Bonchev–Trinajstić information content (AvgIpc) is 2.97. The Morgan fingerprint density at radius 1 is 1.13 bits per heavy atom. The van der Waals surface area contributed by atoms with E-state index in [1.54, 1.807) is 25.3 Å². The SMILES string of the molecule is CCC1CCN(c2ccc(Nc3ncc(Cl)c(Nc4ccccc4C(=O)C(=O)NCCO)n3)c(OC)c2)CC1. The number of halogens is 1. The number of Topliss-reactive ketones (excluding diaryl/α,β-unsaturated/α-hetero) is 1. The van der Waals surface area contributed by atoms with Crippen molar-refractivity contribution in [3.63, 3.8) is 0 Å². The molecule has 0 saturated carbocycles. The zero-order valence-corrected chi connectivity index (χ0v) is 22.8. The fourth-order valence-electron chi connectivity index (χ4n) is 4.50. The summed E-state index contributed by atoms with van der Waals surface area (Å²) >= 11 is 6.36. The van der Waals surface area contributed by atoms with Gasteiger partial charge in [-0.3, -0.25) is 9.59 Å². The second-order valence-electron chi connectivity index (χ2n) is 9.22. The molecule has 3 aromatic rings. The van der Waals surface area contributed by atoms with Crippen molar-refractivity contribution in [3.05, 3.63) is 59.2 Å². The highest BCUT2D eigenvalue weighted by atomic mass is 35.5. The standard InChI is InChI=1S/C28H33ClN6O4/c1-3-18-10-13-35(14-11-18)19-8-9-23(24(16-19)39-2)33-28-31-17-21(29)26(34-28)32-22-7-5-4-6-20(22)25(37)27(38)30-12-15-36/h4-9,16-18,36H,3,10-15H2,1-2H3,(H,30,38)(H2,31,32,33,34). The number of ether oxygens (including phenoxy) is 1. The summed E-state index contributed by atoms with van der Waals surface area (Å²) in [7, 11) is 1.62. The van der Waals surface area contributed by atoms with Crippen molar-refractivity contribution in [2.75, 3.05) is 48.9 Å². The molecule has 0 radical (unpaired) electrons. The molecule has 1 saturated heterocycles. The third kappa shape index (κ3) is 6.96. The van der Waals surface area contributed by atoms with E-state index >= 15 is 0 Å². The second kappa shape index (κ2) is 13.3. The Morgan fingerprint density at radius 3 is 2.62 bits per heavy atom. The molecule has 0 aliphatic carbocycles. The number of aliphatic hydroxyl groups is 1. The summed E-state index contributed by atoms with van der Waals surface area (Å²) in [5.41, 5.74) is 2.28. The van der Waals surface area contributed by atoms with Crippen LogP contribution < -0.4 is 25.6 Å². The minimum absolute atomic E-state index is 0.0191. The molecule has 1 amide bonds. The summed E-state index contributed by atoms with van der Waals surface area (Å²) in [6.07, 6.45) is 5.04. The van der Waals surface area contributed by atoms with Gasteiger partial charge in [-0.05, 0) is 43.0 Å². The molecule has 2 aromatic carbocycles. The number of methoxy groups -OCH3 is 1. The first-order valence-electron chi connectivity index (χ1n) is 13.0. The number of benzene rings is 2. The molecule has 11 heteroatoms. The molecule has 0 atom stereocenters. The number of hydrogen-bond donors (Lipinski definition) is 4. The van der Waals surface area contributed by atoms with Crippen LogP contribution in [0.5, 0.6) is 5.75 Å². The summed E-state index contributed by atoms with van der Waals surface area (Å²) in [5.74, 6) is 0.393. The van der Waals surface area contributed by atoms with E-state index < -0.39 is 11.7 Å². The van der Waals surface area contributed by atoms with Gasteiger partial charge in [-0.15, -0.1) is 0 Å². The van der Waals surface area contributed by atoms with Gasteiger partial charge in [0.1, 0.15) is 10.8 Å². The Kier molecular flexibility index (Phi) is 9.56. The lowest BCUT2D eigenvalue weighted by Gasteiger charge is -2.33. The third-order valence-electron chi connectivity index (χ3n) is 6.76. The number of nitrogens with one attached hydrogen (secondary N) is 3. The van der Waals surface area contributed by atoms with Gasteiger partial charge in [-0.1, -0.05) is 37.1 Å². The second-order valence-corrected chi connectivity index (χ2v) is 9.62. The highest BCUT2D eigenvalue weighted by Crippen LogP contribution is 2.34. The number of aromatic nitrogens is 2. The molecule has 4 N–H and O–H groups in total. The molecule has 1 aliphatic heterocycles. The van der Waals surface area contributed by atoms with E-state index in [-0.39, 0.29) is 35.5 Å². The topological polar surface area (TPSA) is 129 Å². The number of nitrogens with zero attached hydrogens (tertiary/aromatic N) is 3. The van der Waals surface area contributed by atoms with E-state index in [9.17, 15) is 9.59 Å². The summed E-state index contributed by atoms with van der Waals surface area (Å²) in [6, 6.07) is 12.5. The number of aliphatic hydroxyl groups excluding tert-OH is 1. The van der Waals surface area contributed by atoms with E-state index in [4.69, 9.17) is 21.4 Å². The van der Waals surface area contributed by atoms with Crippen LogP contribution in [0.15, 0.2) is 48.7 Å². The van der Waals surface area contributed by atoms with Gasteiger partial charge in [0.25, 0.3) is 11.7 Å². The van der Waals surface area contributed by atoms with Crippen LogP contribution in [0.2, 0.25) is 5.02 Å². The molecule has 1 fully saturated rings. The number of para-hydroxylation sites is 1. The van der Waals surface area contributed by atoms with Crippen molar-refractivity contribution in [2.24, 2.45) is 5.92 Å². The van der Waals surface area contributed by atoms with E-state index in [1.807, 2.05) is 12.1 Å². The maximum Gasteiger partial charge on any atom is 0.292 e. The first-order chi connectivity index (χ1) is 18.9. The number of hydrogen-bond acceptors (Lipinski definition) is 9. The first kappa shape index (κ1) is 28.1. The number of carbonyl (C=O) groups excluding carboxylic acids is 2. The van der Waals surface area contributed by atoms with Crippen LogP contribution >= 0.6 is 11.6 Å². The quantitative estimate of drug-likeness (QED) is 0.200.